The summed E-state index contributed by atoms with van der Waals surface area (Å²) in [4.78, 5) is 29.4. The van der Waals surface area contributed by atoms with Gasteiger partial charge in [0.15, 0.2) is 0 Å². The fraction of sp³-hybridized carbons (Fsp3) is 0.231. The number of hydrogen-bond acceptors (Lipinski definition) is 4. The van der Waals surface area contributed by atoms with E-state index in [0.29, 0.717) is 23.6 Å². The summed E-state index contributed by atoms with van der Waals surface area (Å²) in [5.74, 6) is -0.301. The van der Waals surface area contributed by atoms with Crippen molar-refractivity contribution >= 4 is 17.4 Å². The number of nitrogens with zero attached hydrogens (tertiary/aromatic N) is 4. The lowest BCUT2D eigenvalue weighted by Crippen LogP contribution is -2.30. The molecule has 0 saturated carbocycles. The van der Waals surface area contributed by atoms with Gasteiger partial charge in [-0.2, -0.15) is 5.10 Å². The van der Waals surface area contributed by atoms with Gasteiger partial charge in [0.05, 0.1) is 17.8 Å². The molecule has 6 nitrogen and oxygen atoms in total. The van der Waals surface area contributed by atoms with Crippen molar-refractivity contribution < 1.29 is 9.59 Å². The van der Waals surface area contributed by atoms with Crippen LogP contribution in [0.1, 0.15) is 23.1 Å². The number of ketones is 1. The van der Waals surface area contributed by atoms with Crippen molar-refractivity contribution in [1.82, 2.24) is 14.8 Å². The van der Waals surface area contributed by atoms with E-state index < -0.39 is 11.7 Å². The molecule has 0 bridgehead atoms. The smallest absolute Gasteiger partial charge is 0.297 e. The molecule has 2 heterocycles. The van der Waals surface area contributed by atoms with E-state index in [1.165, 1.54) is 11.2 Å². The Bertz CT molecular complexity index is 662. The van der Waals surface area contributed by atoms with E-state index in [1.54, 1.807) is 22.9 Å². The fourth-order valence-electron chi connectivity index (χ4n) is 2.22. The number of benzene rings is 1. The molecular weight excluding hydrogens is 244 g/mol. The van der Waals surface area contributed by atoms with Crippen molar-refractivity contribution in [3.05, 3.63) is 42.0 Å². The van der Waals surface area contributed by atoms with Gasteiger partial charge in [0, 0.05) is 6.54 Å². The average molecular weight is 256 g/mol. The summed E-state index contributed by atoms with van der Waals surface area (Å²) >= 11 is 0. The van der Waals surface area contributed by atoms with Crippen LogP contribution in [0.15, 0.2) is 30.6 Å². The predicted octanol–water partition coefficient (Wildman–Crippen LogP) is 1.03. The number of Topliss-reactive ketones (excluding diaryl/α,β-unsaturated/α-hetero) is 1. The molecule has 0 fully saturated rings. The molecule has 0 saturated heterocycles. The van der Waals surface area contributed by atoms with Crippen LogP contribution >= 0.6 is 0 Å². The summed E-state index contributed by atoms with van der Waals surface area (Å²) in [5.41, 5.74) is 1.10. The van der Waals surface area contributed by atoms with Crippen molar-refractivity contribution in [3.63, 3.8) is 0 Å². The SMILES string of the molecule is CCn1ncnc1CN1C(=O)C(=O)c2ccccc21. The van der Waals surface area contributed by atoms with Gasteiger partial charge in [-0.15, -0.1) is 0 Å². The maximum absolute atomic E-state index is 12.0. The zero-order chi connectivity index (χ0) is 13.4. The number of aryl methyl sites for hydroxylation is 1. The number of anilines is 1. The van der Waals surface area contributed by atoms with Crippen LogP contribution in [0.5, 0.6) is 0 Å². The number of fused-ring (bicyclic) bond motifs is 1. The maximum Gasteiger partial charge on any atom is 0.299 e. The van der Waals surface area contributed by atoms with Crippen LogP contribution in [-0.2, 0) is 17.9 Å². The van der Waals surface area contributed by atoms with Crippen molar-refractivity contribution in [2.75, 3.05) is 4.90 Å². The zero-order valence-electron chi connectivity index (χ0n) is 10.4. The van der Waals surface area contributed by atoms with Gasteiger partial charge in [-0.1, -0.05) is 12.1 Å². The van der Waals surface area contributed by atoms with Gasteiger partial charge >= 0.3 is 0 Å². The molecule has 0 unspecified atom stereocenters. The predicted molar refractivity (Wildman–Crippen MR) is 67.7 cm³/mol. The summed E-state index contributed by atoms with van der Waals surface area (Å²) < 4.78 is 1.71. The minimum atomic E-state index is -0.508. The standard InChI is InChI=1S/C13H12N4O2/c1-2-17-11(14-8-15-17)7-16-10-6-4-3-5-9(10)12(18)13(16)19/h3-6,8H,2,7H2,1H3. The van der Waals surface area contributed by atoms with Gasteiger partial charge < -0.3 is 0 Å². The van der Waals surface area contributed by atoms with Gasteiger partial charge in [-0.3, -0.25) is 14.5 Å². The molecule has 0 N–H and O–H groups in total. The Balaban J connectivity index is 1.98. The molecule has 19 heavy (non-hydrogen) atoms. The maximum atomic E-state index is 12.0. The van der Waals surface area contributed by atoms with Crippen LogP contribution < -0.4 is 4.90 Å². The molecule has 96 valence electrons. The lowest BCUT2D eigenvalue weighted by Gasteiger charge is -2.15. The van der Waals surface area contributed by atoms with E-state index >= 15 is 0 Å². The minimum Gasteiger partial charge on any atom is -0.297 e. The molecule has 0 atom stereocenters. The van der Waals surface area contributed by atoms with Crippen LogP contribution in [0.4, 0.5) is 5.69 Å². The number of rotatable bonds is 3. The zero-order valence-corrected chi connectivity index (χ0v) is 10.4. The second-order valence-electron chi connectivity index (χ2n) is 4.23. The Morgan fingerprint density at radius 2 is 2.00 bits per heavy atom. The molecule has 1 aliphatic heterocycles. The number of carbonyl (C=O) groups is 2. The Morgan fingerprint density at radius 1 is 1.21 bits per heavy atom. The highest BCUT2D eigenvalue weighted by Gasteiger charge is 2.35. The summed E-state index contributed by atoms with van der Waals surface area (Å²) in [6.45, 7) is 2.88. The largest absolute Gasteiger partial charge is 0.299 e. The third-order valence-corrected chi connectivity index (χ3v) is 3.17. The molecule has 1 aromatic heterocycles. The molecular formula is C13H12N4O2. The van der Waals surface area contributed by atoms with Crippen LogP contribution in [0.25, 0.3) is 0 Å². The third kappa shape index (κ3) is 1.72. The topological polar surface area (TPSA) is 68.1 Å². The first-order valence-electron chi connectivity index (χ1n) is 6.04. The summed E-state index contributed by atoms with van der Waals surface area (Å²) in [7, 11) is 0. The minimum absolute atomic E-state index is 0.259. The number of carbonyl (C=O) groups excluding carboxylic acids is 2. The van der Waals surface area contributed by atoms with Crippen molar-refractivity contribution in [3.8, 4) is 0 Å². The summed E-state index contributed by atoms with van der Waals surface area (Å²) in [5, 5.41) is 4.06. The number of para-hydroxylation sites is 1. The number of amides is 1. The Kier molecular flexibility index (Phi) is 2.63. The first-order chi connectivity index (χ1) is 9.22. The highest BCUT2D eigenvalue weighted by Crippen LogP contribution is 2.29. The van der Waals surface area contributed by atoms with E-state index in [1.807, 2.05) is 13.0 Å². The third-order valence-electron chi connectivity index (χ3n) is 3.17. The van der Waals surface area contributed by atoms with Crippen molar-refractivity contribution in [2.24, 2.45) is 0 Å². The highest BCUT2D eigenvalue weighted by atomic mass is 16.2. The molecule has 3 rings (SSSR count). The molecule has 2 aromatic rings. The second-order valence-corrected chi connectivity index (χ2v) is 4.23. The molecule has 1 aromatic carbocycles. The average Bonchev–Trinajstić information content (AvgIpc) is 2.98. The van der Waals surface area contributed by atoms with E-state index in [2.05, 4.69) is 10.1 Å². The Labute approximate surface area is 109 Å². The van der Waals surface area contributed by atoms with Crippen molar-refractivity contribution in [1.29, 1.82) is 0 Å². The van der Waals surface area contributed by atoms with Crippen LogP contribution in [-0.4, -0.2) is 26.5 Å². The fourth-order valence-corrected chi connectivity index (χ4v) is 2.22. The summed E-state index contributed by atoms with van der Waals surface area (Å²) in [6, 6.07) is 7.00. The van der Waals surface area contributed by atoms with Crippen molar-refractivity contribution in [2.45, 2.75) is 20.0 Å². The van der Waals surface area contributed by atoms with Gasteiger partial charge in [0.2, 0.25) is 0 Å². The van der Waals surface area contributed by atoms with E-state index in [0.717, 1.165) is 0 Å². The lowest BCUT2D eigenvalue weighted by atomic mass is 10.1. The molecule has 1 aliphatic rings. The number of aromatic nitrogens is 3. The van der Waals surface area contributed by atoms with Crippen LogP contribution in [0, 0.1) is 0 Å². The monoisotopic (exact) mass is 256 g/mol. The number of hydrogen-bond donors (Lipinski definition) is 0. The first-order valence-corrected chi connectivity index (χ1v) is 6.04. The Hall–Kier alpha value is -2.50. The van der Waals surface area contributed by atoms with E-state index in [9.17, 15) is 9.59 Å². The van der Waals surface area contributed by atoms with Crippen LogP contribution in [0.2, 0.25) is 0 Å². The van der Waals surface area contributed by atoms with Crippen LogP contribution in [0.3, 0.4) is 0 Å². The Morgan fingerprint density at radius 3 is 2.79 bits per heavy atom. The van der Waals surface area contributed by atoms with Gasteiger partial charge in [-0.25, -0.2) is 9.67 Å². The molecule has 0 spiro atoms. The quantitative estimate of drug-likeness (QED) is 0.769. The molecule has 6 heteroatoms. The lowest BCUT2D eigenvalue weighted by molar-refractivity contribution is -0.114. The molecule has 0 radical (unpaired) electrons. The van der Waals surface area contributed by atoms with Gasteiger partial charge in [0.25, 0.3) is 11.7 Å². The van der Waals surface area contributed by atoms with Gasteiger partial charge in [0.1, 0.15) is 12.2 Å². The van der Waals surface area contributed by atoms with E-state index in [4.69, 9.17) is 0 Å². The molecule has 0 aliphatic carbocycles. The molecule has 1 amide bonds. The van der Waals surface area contributed by atoms with E-state index in [-0.39, 0.29) is 6.54 Å². The van der Waals surface area contributed by atoms with Gasteiger partial charge in [-0.05, 0) is 19.1 Å². The summed E-state index contributed by atoms with van der Waals surface area (Å²) in [6.07, 6.45) is 1.45. The normalized spacial score (nSPS) is 14.1. The second kappa shape index (κ2) is 4.31. The first kappa shape index (κ1) is 11.6. The highest BCUT2D eigenvalue weighted by molar-refractivity contribution is 6.52.